The Morgan fingerprint density at radius 3 is 2.84 bits per heavy atom. The number of rotatable bonds is 3. The van der Waals surface area contributed by atoms with E-state index in [0.717, 1.165) is 58.4 Å². The number of piperidine rings is 1. The second-order valence-electron chi connectivity index (χ2n) is 7.85. The van der Waals surface area contributed by atoms with Gasteiger partial charge in [0.2, 0.25) is 0 Å². The summed E-state index contributed by atoms with van der Waals surface area (Å²) in [5, 5.41) is 0. The first-order valence-electron chi connectivity index (χ1n) is 9.76. The molecule has 1 spiro atoms. The number of ether oxygens (including phenoxy) is 2. The first-order valence-corrected chi connectivity index (χ1v) is 9.76. The number of benzene rings is 1. The van der Waals surface area contributed by atoms with E-state index in [1.807, 2.05) is 4.90 Å². The van der Waals surface area contributed by atoms with Crippen LogP contribution in [0.4, 0.5) is 0 Å². The summed E-state index contributed by atoms with van der Waals surface area (Å²) < 4.78 is 11.6. The van der Waals surface area contributed by atoms with E-state index in [0.29, 0.717) is 0 Å². The molecule has 1 aromatic rings. The number of nitrogens with zero attached hydrogens (tertiary/aromatic N) is 1. The molecule has 2 aliphatic heterocycles. The van der Waals surface area contributed by atoms with Gasteiger partial charge in [0.25, 0.3) is 5.91 Å². The van der Waals surface area contributed by atoms with Gasteiger partial charge in [-0.3, -0.25) is 4.79 Å². The van der Waals surface area contributed by atoms with Crippen LogP contribution in [0.5, 0.6) is 0 Å². The summed E-state index contributed by atoms with van der Waals surface area (Å²) in [6, 6.07) is 6.80. The minimum absolute atomic E-state index is 0.175. The molecule has 2 atom stereocenters. The van der Waals surface area contributed by atoms with Gasteiger partial charge >= 0.3 is 0 Å². The number of carbonyl (C=O) groups is 1. The Balaban J connectivity index is 1.52. The Hall–Kier alpha value is -1.39. The van der Waals surface area contributed by atoms with Crippen molar-refractivity contribution in [2.45, 2.75) is 63.6 Å². The molecule has 0 aromatic heterocycles. The Morgan fingerprint density at radius 2 is 2.16 bits per heavy atom. The van der Waals surface area contributed by atoms with Crippen LogP contribution >= 0.6 is 0 Å². The zero-order chi connectivity index (χ0) is 17.4. The molecule has 4 nitrogen and oxygen atoms in total. The average molecular weight is 343 g/mol. The SMILES string of the molecule is CCO[C@@H]1CC2(CCN(C(=O)[C@H]3CCCO3)CC2)c2cc(C)ccc21. The summed E-state index contributed by atoms with van der Waals surface area (Å²) >= 11 is 0. The minimum Gasteiger partial charge on any atom is -0.374 e. The van der Waals surface area contributed by atoms with Gasteiger partial charge in [-0.25, -0.2) is 0 Å². The normalized spacial score (nSPS) is 27.7. The lowest BCUT2D eigenvalue weighted by atomic mass is 9.73. The van der Waals surface area contributed by atoms with Gasteiger partial charge in [0.05, 0.1) is 6.10 Å². The van der Waals surface area contributed by atoms with Crippen molar-refractivity contribution in [3.8, 4) is 0 Å². The third-order valence-corrected chi connectivity index (χ3v) is 6.31. The summed E-state index contributed by atoms with van der Waals surface area (Å²) in [6.07, 6.45) is 5.04. The van der Waals surface area contributed by atoms with Gasteiger partial charge in [-0.1, -0.05) is 23.8 Å². The van der Waals surface area contributed by atoms with Gasteiger partial charge in [-0.15, -0.1) is 0 Å². The molecule has 2 heterocycles. The average Bonchev–Trinajstić information content (AvgIpc) is 3.24. The van der Waals surface area contributed by atoms with Crippen LogP contribution in [0.25, 0.3) is 0 Å². The lowest BCUT2D eigenvalue weighted by molar-refractivity contribution is -0.142. The lowest BCUT2D eigenvalue weighted by Gasteiger charge is -2.41. The molecular formula is C21H29NO3. The zero-order valence-corrected chi connectivity index (χ0v) is 15.4. The maximum absolute atomic E-state index is 12.6. The summed E-state index contributed by atoms with van der Waals surface area (Å²) in [5.74, 6) is 0.205. The second kappa shape index (κ2) is 6.73. The quantitative estimate of drug-likeness (QED) is 0.843. The molecule has 0 radical (unpaired) electrons. The summed E-state index contributed by atoms with van der Waals surface area (Å²) in [6.45, 7) is 7.39. The van der Waals surface area contributed by atoms with Crippen LogP contribution in [0.2, 0.25) is 0 Å². The van der Waals surface area contributed by atoms with Crippen molar-refractivity contribution < 1.29 is 14.3 Å². The molecule has 136 valence electrons. The van der Waals surface area contributed by atoms with Gasteiger partial charge in [0, 0.05) is 31.7 Å². The molecule has 4 rings (SSSR count). The largest absolute Gasteiger partial charge is 0.374 e. The molecule has 1 aliphatic carbocycles. The zero-order valence-electron chi connectivity index (χ0n) is 15.4. The summed E-state index contributed by atoms with van der Waals surface area (Å²) in [7, 11) is 0. The highest BCUT2D eigenvalue weighted by Gasteiger charge is 2.47. The minimum atomic E-state index is -0.191. The smallest absolute Gasteiger partial charge is 0.251 e. The van der Waals surface area contributed by atoms with E-state index in [4.69, 9.17) is 9.47 Å². The van der Waals surface area contributed by atoms with Gasteiger partial charge < -0.3 is 14.4 Å². The Morgan fingerprint density at radius 1 is 1.36 bits per heavy atom. The molecule has 4 heteroatoms. The van der Waals surface area contributed by atoms with Crippen LogP contribution in [-0.2, 0) is 19.7 Å². The third-order valence-electron chi connectivity index (χ3n) is 6.31. The third kappa shape index (κ3) is 3.00. The van der Waals surface area contributed by atoms with Gasteiger partial charge in [-0.2, -0.15) is 0 Å². The van der Waals surface area contributed by atoms with Crippen molar-refractivity contribution in [3.05, 3.63) is 34.9 Å². The standard InChI is InChI=1S/C21H29NO3/c1-3-24-19-14-21(17-13-15(2)6-7-16(17)19)8-10-22(11-9-21)20(23)18-5-4-12-25-18/h6-7,13,18-19H,3-5,8-12,14H2,1-2H3/t18-,19-/m1/s1. The predicted octanol–water partition coefficient (Wildman–Crippen LogP) is 3.52. The van der Waals surface area contributed by atoms with E-state index in [1.54, 1.807) is 0 Å². The first-order chi connectivity index (χ1) is 12.1. The van der Waals surface area contributed by atoms with E-state index >= 15 is 0 Å². The van der Waals surface area contributed by atoms with E-state index in [-0.39, 0.29) is 23.5 Å². The fraction of sp³-hybridized carbons (Fsp3) is 0.667. The van der Waals surface area contributed by atoms with Crippen molar-refractivity contribution in [1.82, 2.24) is 4.90 Å². The maximum Gasteiger partial charge on any atom is 0.251 e. The molecule has 2 saturated heterocycles. The molecule has 0 bridgehead atoms. The second-order valence-corrected chi connectivity index (χ2v) is 7.85. The van der Waals surface area contributed by atoms with Crippen LogP contribution < -0.4 is 0 Å². The van der Waals surface area contributed by atoms with Crippen LogP contribution in [0.3, 0.4) is 0 Å². The number of aryl methyl sites for hydroxylation is 1. The maximum atomic E-state index is 12.6. The van der Waals surface area contributed by atoms with Crippen LogP contribution in [-0.4, -0.2) is 43.2 Å². The number of fused-ring (bicyclic) bond motifs is 2. The monoisotopic (exact) mass is 343 g/mol. The van der Waals surface area contributed by atoms with Crippen LogP contribution in [0.1, 0.15) is 61.8 Å². The molecule has 1 aromatic carbocycles. The number of amides is 1. The van der Waals surface area contributed by atoms with Crippen molar-refractivity contribution >= 4 is 5.91 Å². The molecule has 0 unspecified atom stereocenters. The van der Waals surface area contributed by atoms with E-state index in [1.165, 1.54) is 16.7 Å². The number of hydrogen-bond acceptors (Lipinski definition) is 3. The van der Waals surface area contributed by atoms with E-state index < -0.39 is 0 Å². The molecule has 2 fully saturated rings. The highest BCUT2D eigenvalue weighted by atomic mass is 16.5. The Kier molecular flexibility index (Phi) is 4.59. The molecule has 25 heavy (non-hydrogen) atoms. The van der Waals surface area contributed by atoms with Crippen molar-refractivity contribution in [2.75, 3.05) is 26.3 Å². The highest BCUT2D eigenvalue weighted by molar-refractivity contribution is 5.81. The highest BCUT2D eigenvalue weighted by Crippen LogP contribution is 2.52. The predicted molar refractivity (Wildman–Crippen MR) is 96.6 cm³/mol. The number of hydrogen-bond donors (Lipinski definition) is 0. The lowest BCUT2D eigenvalue weighted by Crippen LogP contribution is -2.47. The first kappa shape index (κ1) is 17.0. The van der Waals surface area contributed by atoms with Crippen LogP contribution in [0.15, 0.2) is 18.2 Å². The number of likely N-dealkylation sites (tertiary alicyclic amines) is 1. The van der Waals surface area contributed by atoms with Gasteiger partial charge in [0.1, 0.15) is 6.10 Å². The number of carbonyl (C=O) groups excluding carboxylic acids is 1. The van der Waals surface area contributed by atoms with Crippen molar-refractivity contribution in [1.29, 1.82) is 0 Å². The fourth-order valence-electron chi connectivity index (χ4n) is 4.94. The molecule has 0 N–H and O–H groups in total. The molecular weight excluding hydrogens is 314 g/mol. The summed E-state index contributed by atoms with van der Waals surface area (Å²) in [4.78, 5) is 14.7. The van der Waals surface area contributed by atoms with Crippen molar-refractivity contribution in [2.24, 2.45) is 0 Å². The molecule has 0 saturated carbocycles. The Labute approximate surface area is 150 Å². The summed E-state index contributed by atoms with van der Waals surface area (Å²) in [5.41, 5.74) is 4.32. The van der Waals surface area contributed by atoms with E-state index in [2.05, 4.69) is 32.0 Å². The molecule has 1 amide bonds. The van der Waals surface area contributed by atoms with Gasteiger partial charge in [0.15, 0.2) is 0 Å². The van der Waals surface area contributed by atoms with Crippen molar-refractivity contribution in [3.63, 3.8) is 0 Å². The fourth-order valence-corrected chi connectivity index (χ4v) is 4.94. The van der Waals surface area contributed by atoms with E-state index in [9.17, 15) is 4.79 Å². The topological polar surface area (TPSA) is 38.8 Å². The molecule has 3 aliphatic rings. The van der Waals surface area contributed by atoms with Gasteiger partial charge in [-0.05, 0) is 57.1 Å². The van der Waals surface area contributed by atoms with Crippen LogP contribution in [0, 0.1) is 6.92 Å². The Bertz CT molecular complexity index is 643.